The number of hydrogen-bond acceptors (Lipinski definition) is 0. The number of rotatable bonds is 2. The summed E-state index contributed by atoms with van der Waals surface area (Å²) in [6.45, 7) is 8.60. The van der Waals surface area contributed by atoms with E-state index in [1.54, 1.807) is 18.2 Å². The van der Waals surface area contributed by atoms with E-state index in [4.69, 9.17) is 0 Å². The van der Waals surface area contributed by atoms with Crippen LogP contribution in [-0.4, -0.2) is 6.18 Å². The minimum atomic E-state index is -4.25. The number of allylic oxidation sites excluding steroid dienone is 6. The van der Waals surface area contributed by atoms with Gasteiger partial charge in [-0.3, -0.25) is 0 Å². The van der Waals surface area contributed by atoms with Gasteiger partial charge in [-0.15, -0.1) is 0 Å². The van der Waals surface area contributed by atoms with E-state index in [0.717, 1.165) is 6.92 Å². The summed E-state index contributed by atoms with van der Waals surface area (Å²) in [6, 6.07) is 0. The summed E-state index contributed by atoms with van der Waals surface area (Å²) in [5, 5.41) is 0. The van der Waals surface area contributed by atoms with E-state index < -0.39 is 11.7 Å². The van der Waals surface area contributed by atoms with Gasteiger partial charge < -0.3 is 0 Å². The van der Waals surface area contributed by atoms with Gasteiger partial charge in [0.1, 0.15) is 0 Å². The molecule has 0 amide bonds. The van der Waals surface area contributed by atoms with Gasteiger partial charge in [0.15, 0.2) is 0 Å². The quantitative estimate of drug-likeness (QED) is 0.585. The Hall–Kier alpha value is -0.990. The van der Waals surface area contributed by atoms with Crippen molar-refractivity contribution in [2.24, 2.45) is 5.41 Å². The monoisotopic (exact) mass is 232 g/mol. The second kappa shape index (κ2) is 5.37. The van der Waals surface area contributed by atoms with Gasteiger partial charge in [0, 0.05) is 5.57 Å². The molecule has 0 saturated heterocycles. The highest BCUT2D eigenvalue weighted by atomic mass is 19.4. The highest BCUT2D eigenvalue weighted by Crippen LogP contribution is 2.32. The Labute approximate surface area is 95.5 Å². The summed E-state index contributed by atoms with van der Waals surface area (Å²) >= 11 is 0. The van der Waals surface area contributed by atoms with Crippen molar-refractivity contribution in [3.8, 4) is 0 Å². The smallest absolute Gasteiger partial charge is 0.166 e. The average molecular weight is 232 g/mol. The van der Waals surface area contributed by atoms with Crippen LogP contribution >= 0.6 is 0 Å². The van der Waals surface area contributed by atoms with Gasteiger partial charge in [0.2, 0.25) is 0 Å². The number of alkyl halides is 3. The molecule has 0 aromatic carbocycles. The number of halogens is 3. The molecule has 0 saturated carbocycles. The van der Waals surface area contributed by atoms with Crippen LogP contribution in [0.2, 0.25) is 0 Å². The van der Waals surface area contributed by atoms with E-state index in [1.807, 2.05) is 27.7 Å². The summed E-state index contributed by atoms with van der Waals surface area (Å²) in [7, 11) is 0. The van der Waals surface area contributed by atoms with E-state index in [0.29, 0.717) is 5.57 Å². The normalized spacial score (nSPS) is 16.0. The first-order valence-corrected chi connectivity index (χ1v) is 5.18. The Kier molecular flexibility index (Phi) is 5.04. The van der Waals surface area contributed by atoms with Crippen molar-refractivity contribution in [3.63, 3.8) is 0 Å². The topological polar surface area (TPSA) is 0 Å². The van der Waals surface area contributed by atoms with Gasteiger partial charge >= 0.3 is 6.18 Å². The van der Waals surface area contributed by atoms with E-state index in [1.165, 1.54) is 6.08 Å². The Bertz CT molecular complexity index is 309. The van der Waals surface area contributed by atoms with Crippen LogP contribution in [0, 0.1) is 5.41 Å². The Morgan fingerprint density at radius 3 is 1.88 bits per heavy atom. The molecule has 0 bridgehead atoms. The highest BCUT2D eigenvalue weighted by Gasteiger charge is 2.30. The molecule has 0 radical (unpaired) electrons. The molecule has 0 aliphatic carbocycles. The molecule has 16 heavy (non-hydrogen) atoms. The van der Waals surface area contributed by atoms with Gasteiger partial charge in [-0.2, -0.15) is 13.2 Å². The lowest BCUT2D eigenvalue weighted by Crippen LogP contribution is -2.13. The standard InChI is InChI=1S/C13H19F3/c1-6-7-8-11(12(3,4)5)9-10(2)13(14,15)16/h6-9H,1-5H3/b7-6-,10-9+,11-8+. The fraction of sp³-hybridized carbons (Fsp3) is 0.538. The van der Waals surface area contributed by atoms with Crippen molar-refractivity contribution in [2.75, 3.05) is 0 Å². The van der Waals surface area contributed by atoms with Crippen LogP contribution in [-0.2, 0) is 0 Å². The minimum absolute atomic E-state index is 0.300. The van der Waals surface area contributed by atoms with Crippen LogP contribution in [0.1, 0.15) is 34.6 Å². The zero-order valence-corrected chi connectivity index (χ0v) is 10.4. The molecule has 92 valence electrons. The fourth-order valence-corrected chi connectivity index (χ4v) is 1.03. The van der Waals surface area contributed by atoms with E-state index in [2.05, 4.69) is 0 Å². The van der Waals surface area contributed by atoms with E-state index in [-0.39, 0.29) is 5.41 Å². The Morgan fingerprint density at radius 2 is 1.56 bits per heavy atom. The summed E-state index contributed by atoms with van der Waals surface area (Å²) in [5.41, 5.74) is -0.204. The molecule has 0 heterocycles. The third-order valence-corrected chi connectivity index (χ3v) is 2.15. The maximum absolute atomic E-state index is 12.4. The molecule has 0 aliphatic heterocycles. The first kappa shape index (κ1) is 15.0. The van der Waals surface area contributed by atoms with Crippen molar-refractivity contribution in [2.45, 2.75) is 40.8 Å². The van der Waals surface area contributed by atoms with Gasteiger partial charge in [0.05, 0.1) is 0 Å². The third-order valence-electron chi connectivity index (χ3n) is 2.15. The van der Waals surface area contributed by atoms with E-state index >= 15 is 0 Å². The molecular weight excluding hydrogens is 213 g/mol. The van der Waals surface area contributed by atoms with Gasteiger partial charge in [-0.1, -0.05) is 45.1 Å². The Morgan fingerprint density at radius 1 is 1.06 bits per heavy atom. The lowest BCUT2D eigenvalue weighted by Gasteiger charge is -2.21. The van der Waals surface area contributed by atoms with Crippen molar-refractivity contribution in [1.29, 1.82) is 0 Å². The lowest BCUT2D eigenvalue weighted by atomic mass is 9.85. The Balaban J connectivity index is 5.27. The molecule has 0 spiro atoms. The zero-order chi connectivity index (χ0) is 13.0. The van der Waals surface area contributed by atoms with Crippen LogP contribution in [0.15, 0.2) is 35.5 Å². The molecule has 0 nitrogen and oxygen atoms in total. The van der Waals surface area contributed by atoms with Gasteiger partial charge in [-0.05, 0) is 24.8 Å². The second-order valence-corrected chi connectivity index (χ2v) is 4.72. The fourth-order valence-electron chi connectivity index (χ4n) is 1.03. The van der Waals surface area contributed by atoms with Crippen molar-refractivity contribution >= 4 is 0 Å². The summed E-state index contributed by atoms with van der Waals surface area (Å²) in [4.78, 5) is 0. The lowest BCUT2D eigenvalue weighted by molar-refractivity contribution is -0.0914. The average Bonchev–Trinajstić information content (AvgIpc) is 2.08. The molecule has 0 atom stereocenters. The van der Waals surface area contributed by atoms with E-state index in [9.17, 15) is 13.2 Å². The summed E-state index contributed by atoms with van der Waals surface area (Å²) in [6.07, 6.45) is 2.22. The molecule has 3 heteroatoms. The zero-order valence-electron chi connectivity index (χ0n) is 10.4. The molecule has 0 aromatic heterocycles. The van der Waals surface area contributed by atoms with Gasteiger partial charge in [0.25, 0.3) is 0 Å². The predicted octanol–water partition coefficient (Wildman–Crippen LogP) is 5.04. The van der Waals surface area contributed by atoms with Crippen LogP contribution in [0.5, 0.6) is 0 Å². The SMILES string of the molecule is C\C=C/C=C(\C=C(/C)C(F)(F)F)C(C)(C)C. The van der Waals surface area contributed by atoms with Crippen molar-refractivity contribution < 1.29 is 13.2 Å². The maximum Gasteiger partial charge on any atom is 0.412 e. The van der Waals surface area contributed by atoms with Gasteiger partial charge in [-0.25, -0.2) is 0 Å². The molecular formula is C13H19F3. The van der Waals surface area contributed by atoms with Crippen LogP contribution in [0.4, 0.5) is 13.2 Å². The molecule has 0 aliphatic rings. The second-order valence-electron chi connectivity index (χ2n) is 4.72. The largest absolute Gasteiger partial charge is 0.412 e. The first-order valence-electron chi connectivity index (χ1n) is 5.18. The minimum Gasteiger partial charge on any atom is -0.166 e. The first-order chi connectivity index (χ1) is 7.09. The molecule has 0 aromatic rings. The predicted molar refractivity (Wildman–Crippen MR) is 62.2 cm³/mol. The van der Waals surface area contributed by atoms with Crippen LogP contribution in [0.3, 0.4) is 0 Å². The van der Waals surface area contributed by atoms with Crippen LogP contribution < -0.4 is 0 Å². The number of hydrogen-bond donors (Lipinski definition) is 0. The molecule has 0 rings (SSSR count). The van der Waals surface area contributed by atoms with Crippen LogP contribution in [0.25, 0.3) is 0 Å². The third kappa shape index (κ3) is 5.19. The molecule has 0 fully saturated rings. The van der Waals surface area contributed by atoms with Crippen molar-refractivity contribution in [1.82, 2.24) is 0 Å². The molecule has 0 N–H and O–H groups in total. The highest BCUT2D eigenvalue weighted by molar-refractivity contribution is 5.32. The summed E-state index contributed by atoms with van der Waals surface area (Å²) < 4.78 is 37.2. The molecule has 0 unspecified atom stereocenters. The van der Waals surface area contributed by atoms with Crippen molar-refractivity contribution in [3.05, 3.63) is 35.5 Å². The summed E-state index contributed by atoms with van der Waals surface area (Å²) in [5.74, 6) is 0. The maximum atomic E-state index is 12.4.